The van der Waals surface area contributed by atoms with Gasteiger partial charge < -0.3 is 11.1 Å². The number of amides is 1. The van der Waals surface area contributed by atoms with Crippen molar-refractivity contribution < 1.29 is 13.2 Å². The summed E-state index contributed by atoms with van der Waals surface area (Å²) in [6.45, 7) is 1.08. The van der Waals surface area contributed by atoms with E-state index in [0.29, 0.717) is 19.5 Å². The van der Waals surface area contributed by atoms with E-state index in [1.54, 1.807) is 24.3 Å². The highest BCUT2D eigenvalue weighted by atomic mass is 32.2. The molecular formula is C14H22N2O3S. The second-order valence-corrected chi connectivity index (χ2v) is 6.81. The van der Waals surface area contributed by atoms with Gasteiger partial charge in [-0.1, -0.05) is 18.6 Å². The van der Waals surface area contributed by atoms with Crippen LogP contribution in [0.4, 0.5) is 0 Å². The van der Waals surface area contributed by atoms with Crippen LogP contribution in [0.5, 0.6) is 0 Å². The zero-order chi connectivity index (χ0) is 15.0. The molecule has 112 valence electrons. The van der Waals surface area contributed by atoms with Crippen molar-refractivity contribution in [3.05, 3.63) is 29.8 Å². The molecule has 0 radical (unpaired) electrons. The average molecular weight is 298 g/mol. The third-order valence-corrected chi connectivity index (χ3v) is 4.08. The Bertz CT molecular complexity index is 524. The molecule has 0 aromatic heterocycles. The van der Waals surface area contributed by atoms with Crippen LogP contribution in [0.2, 0.25) is 0 Å². The first kappa shape index (κ1) is 16.7. The number of carbonyl (C=O) groups is 1. The Morgan fingerprint density at radius 3 is 2.35 bits per heavy atom. The van der Waals surface area contributed by atoms with Crippen LogP contribution in [0.1, 0.15) is 31.2 Å². The normalized spacial score (nSPS) is 11.3. The summed E-state index contributed by atoms with van der Waals surface area (Å²) in [4.78, 5) is 11.9. The summed E-state index contributed by atoms with van der Waals surface area (Å²) in [5.41, 5.74) is 6.26. The number of hydrogen-bond acceptors (Lipinski definition) is 4. The van der Waals surface area contributed by atoms with E-state index in [4.69, 9.17) is 5.73 Å². The van der Waals surface area contributed by atoms with Crippen molar-refractivity contribution in [3.63, 3.8) is 0 Å². The van der Waals surface area contributed by atoms with Gasteiger partial charge in [-0.05, 0) is 37.1 Å². The van der Waals surface area contributed by atoms with Gasteiger partial charge in [-0.15, -0.1) is 0 Å². The number of benzene rings is 1. The SMILES string of the molecule is CS(=O)(=O)c1ccc(CNC(=O)CCCCCN)cc1. The van der Waals surface area contributed by atoms with Gasteiger partial charge in [0.1, 0.15) is 0 Å². The molecule has 0 spiro atoms. The highest BCUT2D eigenvalue weighted by molar-refractivity contribution is 7.90. The van der Waals surface area contributed by atoms with Gasteiger partial charge in [-0.2, -0.15) is 0 Å². The van der Waals surface area contributed by atoms with Crippen LogP contribution in [0.3, 0.4) is 0 Å². The monoisotopic (exact) mass is 298 g/mol. The third kappa shape index (κ3) is 6.16. The smallest absolute Gasteiger partial charge is 0.220 e. The molecule has 0 aliphatic rings. The Morgan fingerprint density at radius 1 is 1.15 bits per heavy atom. The van der Waals surface area contributed by atoms with E-state index in [-0.39, 0.29) is 10.8 Å². The van der Waals surface area contributed by atoms with E-state index in [9.17, 15) is 13.2 Å². The van der Waals surface area contributed by atoms with E-state index in [0.717, 1.165) is 24.8 Å². The summed E-state index contributed by atoms with van der Waals surface area (Å²) < 4.78 is 22.6. The summed E-state index contributed by atoms with van der Waals surface area (Å²) in [6.07, 6.45) is 4.43. The number of nitrogens with two attached hydrogens (primary N) is 1. The van der Waals surface area contributed by atoms with Crippen LogP contribution in [-0.2, 0) is 21.2 Å². The quantitative estimate of drug-likeness (QED) is 0.706. The Kier molecular flexibility index (Phi) is 6.67. The second kappa shape index (κ2) is 8.01. The number of nitrogens with one attached hydrogen (secondary N) is 1. The van der Waals surface area contributed by atoms with E-state index in [1.165, 1.54) is 6.26 Å². The van der Waals surface area contributed by atoms with Gasteiger partial charge in [-0.25, -0.2) is 8.42 Å². The lowest BCUT2D eigenvalue weighted by molar-refractivity contribution is -0.121. The molecule has 0 bridgehead atoms. The molecular weight excluding hydrogens is 276 g/mol. The molecule has 5 nitrogen and oxygen atoms in total. The Hall–Kier alpha value is -1.40. The first-order valence-corrected chi connectivity index (χ1v) is 8.58. The minimum Gasteiger partial charge on any atom is -0.352 e. The van der Waals surface area contributed by atoms with Crippen molar-refractivity contribution in [1.82, 2.24) is 5.32 Å². The second-order valence-electron chi connectivity index (χ2n) is 4.79. The highest BCUT2D eigenvalue weighted by Gasteiger charge is 2.06. The molecule has 0 unspecified atom stereocenters. The molecule has 1 aromatic rings. The standard InChI is InChI=1S/C14H22N2O3S/c1-20(18,19)13-8-6-12(7-9-13)11-16-14(17)5-3-2-4-10-15/h6-9H,2-5,10-11,15H2,1H3,(H,16,17). The molecule has 0 atom stereocenters. The molecule has 3 N–H and O–H groups in total. The molecule has 1 rings (SSSR count). The summed E-state index contributed by atoms with van der Waals surface area (Å²) in [5, 5.41) is 2.81. The zero-order valence-corrected chi connectivity index (χ0v) is 12.6. The fraction of sp³-hybridized carbons (Fsp3) is 0.500. The first-order chi connectivity index (χ1) is 9.43. The van der Waals surface area contributed by atoms with Gasteiger partial charge >= 0.3 is 0 Å². The fourth-order valence-electron chi connectivity index (χ4n) is 1.75. The molecule has 1 aromatic carbocycles. The zero-order valence-electron chi connectivity index (χ0n) is 11.8. The van der Waals surface area contributed by atoms with Crippen molar-refractivity contribution in [2.75, 3.05) is 12.8 Å². The van der Waals surface area contributed by atoms with Crippen LogP contribution >= 0.6 is 0 Å². The Morgan fingerprint density at radius 2 is 1.80 bits per heavy atom. The Labute approximate surface area is 120 Å². The van der Waals surface area contributed by atoms with Gasteiger partial charge in [0.05, 0.1) is 4.90 Å². The van der Waals surface area contributed by atoms with E-state index >= 15 is 0 Å². The summed E-state index contributed by atoms with van der Waals surface area (Å²) in [7, 11) is -3.17. The van der Waals surface area contributed by atoms with Crippen molar-refractivity contribution in [1.29, 1.82) is 0 Å². The molecule has 1 amide bonds. The summed E-state index contributed by atoms with van der Waals surface area (Å²) >= 11 is 0. The maximum absolute atomic E-state index is 11.6. The minimum atomic E-state index is -3.17. The van der Waals surface area contributed by atoms with Crippen LogP contribution in [0, 0.1) is 0 Å². The lowest BCUT2D eigenvalue weighted by Crippen LogP contribution is -2.22. The number of carbonyl (C=O) groups excluding carboxylic acids is 1. The third-order valence-electron chi connectivity index (χ3n) is 2.95. The predicted octanol–water partition coefficient (Wildman–Crippen LogP) is 1.23. The number of sulfone groups is 1. The lowest BCUT2D eigenvalue weighted by Gasteiger charge is -2.06. The first-order valence-electron chi connectivity index (χ1n) is 6.69. The molecule has 0 aliphatic heterocycles. The highest BCUT2D eigenvalue weighted by Crippen LogP contribution is 2.10. The predicted molar refractivity (Wildman–Crippen MR) is 78.9 cm³/mol. The van der Waals surface area contributed by atoms with Crippen molar-refractivity contribution in [2.24, 2.45) is 5.73 Å². The van der Waals surface area contributed by atoms with Gasteiger partial charge in [-0.3, -0.25) is 4.79 Å². The number of hydrogen-bond donors (Lipinski definition) is 2. The van der Waals surface area contributed by atoms with Crippen LogP contribution in [0.25, 0.3) is 0 Å². The Balaban J connectivity index is 2.37. The number of unbranched alkanes of at least 4 members (excludes halogenated alkanes) is 2. The average Bonchev–Trinajstić information content (AvgIpc) is 2.41. The van der Waals surface area contributed by atoms with E-state index < -0.39 is 9.84 Å². The summed E-state index contributed by atoms with van der Waals surface area (Å²) in [5.74, 6) is 0.00853. The van der Waals surface area contributed by atoms with Gasteiger partial charge in [0.25, 0.3) is 0 Å². The van der Waals surface area contributed by atoms with Gasteiger partial charge in [0, 0.05) is 19.2 Å². The van der Waals surface area contributed by atoms with Crippen molar-refractivity contribution in [2.45, 2.75) is 37.1 Å². The van der Waals surface area contributed by atoms with Gasteiger partial charge in [0.15, 0.2) is 9.84 Å². The summed E-state index contributed by atoms with van der Waals surface area (Å²) in [6, 6.07) is 6.53. The van der Waals surface area contributed by atoms with Gasteiger partial charge in [0.2, 0.25) is 5.91 Å². The maximum atomic E-state index is 11.6. The van der Waals surface area contributed by atoms with Crippen LogP contribution in [-0.4, -0.2) is 27.1 Å². The molecule has 0 aliphatic carbocycles. The molecule has 20 heavy (non-hydrogen) atoms. The minimum absolute atomic E-state index is 0.00853. The molecule has 6 heteroatoms. The van der Waals surface area contributed by atoms with E-state index in [2.05, 4.69) is 5.32 Å². The molecule has 0 saturated carbocycles. The largest absolute Gasteiger partial charge is 0.352 e. The number of rotatable bonds is 8. The topological polar surface area (TPSA) is 89.3 Å². The van der Waals surface area contributed by atoms with Crippen LogP contribution in [0.15, 0.2) is 29.2 Å². The fourth-order valence-corrected chi connectivity index (χ4v) is 2.38. The van der Waals surface area contributed by atoms with E-state index in [1.807, 2.05) is 0 Å². The molecule has 0 fully saturated rings. The molecule has 0 saturated heterocycles. The maximum Gasteiger partial charge on any atom is 0.220 e. The van der Waals surface area contributed by atoms with Crippen LogP contribution < -0.4 is 11.1 Å². The molecule has 0 heterocycles. The lowest BCUT2D eigenvalue weighted by atomic mass is 10.2. The van der Waals surface area contributed by atoms with Crippen molar-refractivity contribution in [3.8, 4) is 0 Å². The van der Waals surface area contributed by atoms with Crippen molar-refractivity contribution >= 4 is 15.7 Å².